The summed E-state index contributed by atoms with van der Waals surface area (Å²) in [5.41, 5.74) is 1.91. The molecule has 5 rings (SSSR count). The van der Waals surface area contributed by atoms with E-state index in [2.05, 4.69) is 5.32 Å². The summed E-state index contributed by atoms with van der Waals surface area (Å²) in [6, 6.07) is 15.3. The second-order valence-electron chi connectivity index (χ2n) is 7.93. The van der Waals surface area contributed by atoms with Gasteiger partial charge in [0.2, 0.25) is 5.91 Å². The van der Waals surface area contributed by atoms with Gasteiger partial charge in [0.1, 0.15) is 10.6 Å². The highest BCUT2D eigenvalue weighted by Crippen LogP contribution is 2.33. The molecule has 9 heteroatoms. The quantitative estimate of drug-likeness (QED) is 0.299. The van der Waals surface area contributed by atoms with Crippen LogP contribution in [0.25, 0.3) is 27.0 Å². The van der Waals surface area contributed by atoms with Crippen molar-refractivity contribution >= 4 is 39.2 Å². The lowest BCUT2D eigenvalue weighted by atomic mass is 10.1. The zero-order chi connectivity index (χ0) is 23.5. The normalized spacial score (nSPS) is 15.6. The molecule has 1 N–H and O–H groups in total. The summed E-state index contributed by atoms with van der Waals surface area (Å²) in [4.78, 5) is 31.5. The minimum absolute atomic E-state index is 0.0712. The Kier molecular flexibility index (Phi) is 6.75. The predicted molar refractivity (Wildman–Crippen MR) is 133 cm³/mol. The van der Waals surface area contributed by atoms with Crippen molar-refractivity contribution in [2.45, 2.75) is 24.1 Å². The van der Waals surface area contributed by atoms with Crippen LogP contribution in [0, 0.1) is 5.82 Å². The summed E-state index contributed by atoms with van der Waals surface area (Å²) in [5, 5.41) is 5.70. The summed E-state index contributed by atoms with van der Waals surface area (Å²) >= 11 is 2.58. The number of carbonyl (C=O) groups excluding carboxylic acids is 1. The van der Waals surface area contributed by atoms with Crippen LogP contribution in [0.3, 0.4) is 0 Å². The molecule has 0 radical (unpaired) electrons. The summed E-state index contributed by atoms with van der Waals surface area (Å²) in [6.07, 6.45) is 2.04. The molecule has 6 nitrogen and oxygen atoms in total. The van der Waals surface area contributed by atoms with E-state index in [-0.39, 0.29) is 29.1 Å². The second kappa shape index (κ2) is 10.1. The van der Waals surface area contributed by atoms with Gasteiger partial charge in [-0.3, -0.25) is 14.2 Å². The number of nitrogens with one attached hydrogen (secondary N) is 1. The molecule has 1 saturated heterocycles. The molecule has 0 spiro atoms. The van der Waals surface area contributed by atoms with Crippen molar-refractivity contribution in [2.24, 2.45) is 0 Å². The number of thiophene rings is 1. The van der Waals surface area contributed by atoms with E-state index < -0.39 is 0 Å². The topological polar surface area (TPSA) is 73.2 Å². The highest BCUT2D eigenvalue weighted by molar-refractivity contribution is 7.99. The lowest BCUT2D eigenvalue weighted by Crippen LogP contribution is -2.33. The maximum Gasteiger partial charge on any atom is 0.268 e. The van der Waals surface area contributed by atoms with E-state index in [1.807, 2.05) is 35.7 Å². The summed E-state index contributed by atoms with van der Waals surface area (Å²) in [5.74, 6) is -0.333. The monoisotopic (exact) mass is 495 g/mol. The molecule has 1 fully saturated rings. The number of hydrogen-bond donors (Lipinski definition) is 1. The van der Waals surface area contributed by atoms with Crippen molar-refractivity contribution in [3.05, 3.63) is 76.1 Å². The molecule has 0 aliphatic carbocycles. The average Bonchev–Trinajstić information content (AvgIpc) is 3.53. The van der Waals surface area contributed by atoms with Crippen LogP contribution in [0.2, 0.25) is 0 Å². The molecular weight excluding hydrogens is 473 g/mol. The van der Waals surface area contributed by atoms with Gasteiger partial charge in [-0.2, -0.15) is 0 Å². The first-order chi connectivity index (χ1) is 16.6. The molecule has 1 aliphatic heterocycles. The van der Waals surface area contributed by atoms with Gasteiger partial charge in [0.05, 0.1) is 22.9 Å². The molecule has 2 aromatic carbocycles. The van der Waals surface area contributed by atoms with Crippen molar-refractivity contribution in [3.63, 3.8) is 0 Å². The van der Waals surface area contributed by atoms with Crippen LogP contribution in [0.1, 0.15) is 12.8 Å². The van der Waals surface area contributed by atoms with Crippen LogP contribution in [-0.4, -0.2) is 40.5 Å². The van der Waals surface area contributed by atoms with Gasteiger partial charge < -0.3 is 10.1 Å². The first-order valence-electron chi connectivity index (χ1n) is 11.0. The molecule has 3 heterocycles. The maximum absolute atomic E-state index is 13.7. The number of para-hydroxylation sites is 1. The molecular formula is C25H22FN3O3S2. The second-order valence-corrected chi connectivity index (χ2v) is 9.74. The molecule has 174 valence electrons. The number of halogens is 1. The molecule has 34 heavy (non-hydrogen) atoms. The number of amides is 1. The van der Waals surface area contributed by atoms with E-state index in [1.54, 1.807) is 16.7 Å². The first-order valence-corrected chi connectivity index (χ1v) is 12.8. The highest BCUT2D eigenvalue weighted by Gasteiger charge is 2.20. The third kappa shape index (κ3) is 4.77. The number of ether oxygens (including phenoxy) is 1. The smallest absolute Gasteiger partial charge is 0.268 e. The van der Waals surface area contributed by atoms with Crippen molar-refractivity contribution in [3.8, 4) is 16.8 Å². The number of aromatic nitrogens is 2. The maximum atomic E-state index is 13.7. The van der Waals surface area contributed by atoms with Gasteiger partial charge in [-0.1, -0.05) is 42.1 Å². The first kappa shape index (κ1) is 22.8. The van der Waals surface area contributed by atoms with Crippen molar-refractivity contribution < 1.29 is 13.9 Å². The van der Waals surface area contributed by atoms with Crippen molar-refractivity contribution in [1.29, 1.82) is 0 Å². The van der Waals surface area contributed by atoms with E-state index in [1.165, 1.54) is 35.2 Å². The average molecular weight is 496 g/mol. The Balaban J connectivity index is 1.49. The Hall–Kier alpha value is -3.01. The zero-order valence-electron chi connectivity index (χ0n) is 18.2. The number of carbonyl (C=O) groups is 1. The SMILES string of the molecule is O=C(CSc1nc2scc(-c3ccc(F)cc3)c2c(=O)n1-c1ccccc1)NCC1CCCO1. The van der Waals surface area contributed by atoms with E-state index in [9.17, 15) is 14.0 Å². The number of hydrogen-bond acceptors (Lipinski definition) is 6. The van der Waals surface area contributed by atoms with Gasteiger partial charge in [0.25, 0.3) is 5.56 Å². The Morgan fingerprint density at radius 2 is 2.00 bits per heavy atom. The standard InChI is InChI=1S/C25H22FN3O3S2/c26-17-10-8-16(9-11-17)20-14-33-23-22(20)24(31)29(18-5-2-1-3-6-18)25(28-23)34-15-21(30)27-13-19-7-4-12-32-19/h1-3,5-6,8-11,14,19H,4,7,12-13,15H2,(H,27,30). The molecule has 1 aliphatic rings. The number of rotatable bonds is 7. The van der Waals surface area contributed by atoms with Gasteiger partial charge >= 0.3 is 0 Å². The lowest BCUT2D eigenvalue weighted by molar-refractivity contribution is -0.119. The third-order valence-corrected chi connectivity index (χ3v) is 7.44. The summed E-state index contributed by atoms with van der Waals surface area (Å²) in [6.45, 7) is 1.23. The molecule has 1 atom stereocenters. The minimum Gasteiger partial charge on any atom is -0.376 e. The highest BCUT2D eigenvalue weighted by atomic mass is 32.2. The van der Waals surface area contributed by atoms with Crippen LogP contribution in [0.15, 0.2) is 69.9 Å². The largest absolute Gasteiger partial charge is 0.376 e. The van der Waals surface area contributed by atoms with Crippen molar-refractivity contribution in [2.75, 3.05) is 18.9 Å². The number of thioether (sulfide) groups is 1. The zero-order valence-corrected chi connectivity index (χ0v) is 19.8. The molecule has 0 bridgehead atoms. The van der Waals surface area contributed by atoms with E-state index in [4.69, 9.17) is 9.72 Å². The molecule has 4 aromatic rings. The van der Waals surface area contributed by atoms with Crippen LogP contribution < -0.4 is 10.9 Å². The van der Waals surface area contributed by atoms with Gasteiger partial charge in [-0.25, -0.2) is 9.37 Å². The Morgan fingerprint density at radius 3 is 2.74 bits per heavy atom. The number of fused-ring (bicyclic) bond motifs is 1. The third-order valence-electron chi connectivity index (χ3n) is 5.63. The molecule has 1 unspecified atom stereocenters. The minimum atomic E-state index is -0.334. The fourth-order valence-electron chi connectivity index (χ4n) is 3.93. The fourth-order valence-corrected chi connectivity index (χ4v) is 5.76. The fraction of sp³-hybridized carbons (Fsp3) is 0.240. The van der Waals surface area contributed by atoms with Gasteiger partial charge in [0, 0.05) is 24.1 Å². The predicted octanol–water partition coefficient (Wildman–Crippen LogP) is 4.64. The number of nitrogens with zero attached hydrogens (tertiary/aromatic N) is 2. The van der Waals surface area contributed by atoms with Crippen molar-refractivity contribution in [1.82, 2.24) is 14.9 Å². The Labute approximate surface area is 203 Å². The number of benzene rings is 2. The van der Waals surface area contributed by atoms with Crippen LogP contribution in [-0.2, 0) is 9.53 Å². The molecule has 0 saturated carbocycles. The Bertz CT molecular complexity index is 1360. The van der Waals surface area contributed by atoms with Crippen LogP contribution in [0.5, 0.6) is 0 Å². The molecule has 1 amide bonds. The summed E-state index contributed by atoms with van der Waals surface area (Å²) < 4.78 is 20.5. The molecule has 2 aromatic heterocycles. The van der Waals surface area contributed by atoms with Crippen LogP contribution in [0.4, 0.5) is 4.39 Å². The van der Waals surface area contributed by atoms with Gasteiger partial charge in [0.15, 0.2) is 5.16 Å². The van der Waals surface area contributed by atoms with Crippen LogP contribution >= 0.6 is 23.1 Å². The van der Waals surface area contributed by atoms with E-state index in [0.717, 1.165) is 25.0 Å². The Morgan fingerprint density at radius 1 is 1.21 bits per heavy atom. The lowest BCUT2D eigenvalue weighted by Gasteiger charge is -2.13. The van der Waals surface area contributed by atoms with Gasteiger partial charge in [-0.15, -0.1) is 11.3 Å². The summed E-state index contributed by atoms with van der Waals surface area (Å²) in [7, 11) is 0. The van der Waals surface area contributed by atoms with E-state index in [0.29, 0.717) is 33.2 Å². The van der Waals surface area contributed by atoms with E-state index >= 15 is 0 Å². The van der Waals surface area contributed by atoms with Gasteiger partial charge in [-0.05, 0) is 42.7 Å².